The molecular weight excluding hydrogens is 504 g/mol. The van der Waals surface area contributed by atoms with E-state index in [0.717, 1.165) is 50.9 Å². The van der Waals surface area contributed by atoms with Gasteiger partial charge >= 0.3 is 6.09 Å². The van der Waals surface area contributed by atoms with E-state index in [4.69, 9.17) is 4.74 Å². The average Bonchev–Trinajstić information content (AvgIpc) is 2.98. The summed E-state index contributed by atoms with van der Waals surface area (Å²) >= 11 is 0. The van der Waals surface area contributed by atoms with Gasteiger partial charge in [0.1, 0.15) is 18.2 Å². The van der Waals surface area contributed by atoms with Gasteiger partial charge in [-0.25, -0.2) is 4.79 Å². The van der Waals surface area contributed by atoms with Crippen LogP contribution in [0, 0.1) is 0 Å². The summed E-state index contributed by atoms with van der Waals surface area (Å²) in [5.41, 5.74) is 1.39. The number of nitrogens with zero attached hydrogens (tertiary/aromatic N) is 2. The fourth-order valence-electron chi connectivity index (χ4n) is 6.00. The van der Waals surface area contributed by atoms with Gasteiger partial charge in [0, 0.05) is 19.6 Å². The third-order valence-corrected chi connectivity index (χ3v) is 8.19. The van der Waals surface area contributed by atoms with Crippen molar-refractivity contribution in [1.29, 1.82) is 0 Å². The first-order valence-electron chi connectivity index (χ1n) is 14.8. The Morgan fingerprint density at radius 3 is 2.25 bits per heavy atom. The van der Waals surface area contributed by atoms with Crippen LogP contribution in [-0.2, 0) is 27.4 Å². The third-order valence-electron chi connectivity index (χ3n) is 8.19. The minimum Gasteiger partial charge on any atom is -0.445 e. The molecule has 0 bridgehead atoms. The summed E-state index contributed by atoms with van der Waals surface area (Å²) in [5, 5.41) is 5.91. The van der Waals surface area contributed by atoms with Gasteiger partial charge in [-0.3, -0.25) is 9.59 Å². The van der Waals surface area contributed by atoms with Crippen LogP contribution in [0.5, 0.6) is 0 Å². The fraction of sp³-hybridized carbons (Fsp3) is 0.531. The Hall–Kier alpha value is -3.39. The Bertz CT molecular complexity index is 1100. The predicted octanol–water partition coefficient (Wildman–Crippen LogP) is 4.29. The number of hydrogen-bond donors (Lipinski definition) is 2. The van der Waals surface area contributed by atoms with Crippen LogP contribution in [0.3, 0.4) is 0 Å². The number of alkyl carbamates (subject to hydrolysis) is 1. The number of carbonyl (C=O) groups excluding carboxylic acids is 3. The van der Waals surface area contributed by atoms with Crippen LogP contribution in [0.4, 0.5) is 4.79 Å². The van der Waals surface area contributed by atoms with E-state index in [1.165, 1.54) is 5.56 Å². The van der Waals surface area contributed by atoms with Crippen LogP contribution in [0.2, 0.25) is 0 Å². The van der Waals surface area contributed by atoms with Crippen LogP contribution in [0.25, 0.3) is 0 Å². The van der Waals surface area contributed by atoms with E-state index in [-0.39, 0.29) is 18.4 Å². The number of likely N-dealkylation sites (tertiary alicyclic amines) is 1. The first kappa shape index (κ1) is 29.6. The number of hydrogen-bond acceptors (Lipinski definition) is 5. The van der Waals surface area contributed by atoms with Crippen molar-refractivity contribution in [2.45, 2.75) is 83.0 Å². The highest BCUT2D eigenvalue weighted by Gasteiger charge is 2.54. The fourth-order valence-corrected chi connectivity index (χ4v) is 6.00. The lowest BCUT2D eigenvalue weighted by Crippen LogP contribution is -2.75. The molecule has 2 N–H and O–H groups in total. The molecule has 0 aliphatic carbocycles. The molecule has 0 radical (unpaired) electrons. The monoisotopic (exact) mass is 548 g/mol. The minimum atomic E-state index is -0.829. The standard InChI is InChI=1S/C32H44N4O4/c1-3-12-27(33-31(39)40-24-26-15-9-6-10-16-26)28-29(37)36(20-4-2)32(30(38)34-28)18-22-35(23-19-32)21-11-17-25-13-7-5-8-14-25/h5-10,13-16,27-28H,3-4,11-12,17-24H2,1-2H3,(H,33,39)(H,34,38)/t27-,28-/m0/s1. The van der Waals surface area contributed by atoms with Crippen LogP contribution in [-0.4, -0.2) is 71.5 Å². The van der Waals surface area contributed by atoms with E-state index in [9.17, 15) is 14.4 Å². The molecule has 2 saturated heterocycles. The lowest BCUT2D eigenvalue weighted by Gasteiger charge is -2.52. The topological polar surface area (TPSA) is 91.0 Å². The van der Waals surface area contributed by atoms with Crippen molar-refractivity contribution in [3.8, 4) is 0 Å². The summed E-state index contributed by atoms with van der Waals surface area (Å²) < 4.78 is 5.42. The lowest BCUT2D eigenvalue weighted by atomic mass is 9.80. The van der Waals surface area contributed by atoms with Crippen molar-refractivity contribution in [3.63, 3.8) is 0 Å². The van der Waals surface area contributed by atoms with Crippen LogP contribution >= 0.6 is 0 Å². The van der Waals surface area contributed by atoms with Gasteiger partial charge in [0.2, 0.25) is 11.8 Å². The van der Waals surface area contributed by atoms with Crippen LogP contribution in [0.1, 0.15) is 63.5 Å². The second-order valence-electron chi connectivity index (χ2n) is 11.0. The molecule has 0 aromatic heterocycles. The number of ether oxygens (including phenoxy) is 1. The summed E-state index contributed by atoms with van der Waals surface area (Å²) in [6, 6.07) is 18.6. The molecule has 216 valence electrons. The predicted molar refractivity (Wildman–Crippen MR) is 156 cm³/mol. The molecule has 8 nitrogen and oxygen atoms in total. The number of piperidine rings is 1. The van der Waals surface area contributed by atoms with Crippen LogP contribution in [0.15, 0.2) is 60.7 Å². The molecule has 40 heavy (non-hydrogen) atoms. The molecule has 2 aliphatic heterocycles. The lowest BCUT2D eigenvalue weighted by molar-refractivity contribution is -0.162. The Morgan fingerprint density at radius 1 is 0.975 bits per heavy atom. The number of amides is 3. The number of nitrogens with one attached hydrogen (secondary N) is 2. The molecule has 2 aromatic carbocycles. The maximum absolute atomic E-state index is 13.9. The van der Waals surface area contributed by atoms with Crippen molar-refractivity contribution >= 4 is 17.9 Å². The molecule has 3 amide bonds. The molecule has 4 rings (SSSR count). The maximum atomic E-state index is 13.9. The normalized spacial score (nSPS) is 19.8. The van der Waals surface area contributed by atoms with Crippen molar-refractivity contribution in [2.75, 3.05) is 26.2 Å². The van der Waals surface area contributed by atoms with Gasteiger partial charge < -0.3 is 25.2 Å². The minimum absolute atomic E-state index is 0.102. The number of benzene rings is 2. The number of rotatable bonds is 12. The van der Waals surface area contributed by atoms with E-state index in [2.05, 4.69) is 39.8 Å². The van der Waals surface area contributed by atoms with E-state index in [0.29, 0.717) is 25.8 Å². The summed E-state index contributed by atoms with van der Waals surface area (Å²) in [4.78, 5) is 44.6. The zero-order valence-corrected chi connectivity index (χ0v) is 23.9. The molecular formula is C32H44N4O4. The second-order valence-corrected chi connectivity index (χ2v) is 11.0. The van der Waals surface area contributed by atoms with Crippen molar-refractivity contribution in [2.24, 2.45) is 0 Å². The van der Waals surface area contributed by atoms with Gasteiger partial charge in [-0.15, -0.1) is 0 Å². The number of aryl methyl sites for hydroxylation is 1. The Morgan fingerprint density at radius 2 is 1.62 bits per heavy atom. The highest BCUT2D eigenvalue weighted by Crippen LogP contribution is 2.34. The second kappa shape index (κ2) is 14.3. The molecule has 8 heteroatoms. The Labute approximate surface area is 238 Å². The van der Waals surface area contributed by atoms with E-state index in [1.807, 2.05) is 55.1 Å². The van der Waals surface area contributed by atoms with Gasteiger partial charge in [0.25, 0.3) is 0 Å². The van der Waals surface area contributed by atoms with E-state index >= 15 is 0 Å². The average molecular weight is 549 g/mol. The maximum Gasteiger partial charge on any atom is 0.407 e. The summed E-state index contributed by atoms with van der Waals surface area (Å²) in [6.07, 6.45) is 4.81. The molecule has 0 unspecified atom stereocenters. The molecule has 2 atom stereocenters. The van der Waals surface area contributed by atoms with Gasteiger partial charge in [-0.2, -0.15) is 0 Å². The van der Waals surface area contributed by atoms with Crippen molar-refractivity contribution < 1.29 is 19.1 Å². The molecule has 2 fully saturated rings. The molecule has 2 aromatic rings. The highest BCUT2D eigenvalue weighted by atomic mass is 16.5. The SMILES string of the molecule is CCC[C@H](NC(=O)OCc1ccccc1)[C@@H]1NC(=O)C2(CCN(CCCc3ccccc3)CC2)N(CCC)C1=O. The summed E-state index contributed by atoms with van der Waals surface area (Å²) in [5.74, 6) is -0.212. The van der Waals surface area contributed by atoms with E-state index < -0.39 is 23.7 Å². The van der Waals surface area contributed by atoms with Gasteiger partial charge in [-0.1, -0.05) is 80.9 Å². The molecule has 1 spiro atoms. The first-order chi connectivity index (χ1) is 19.5. The third kappa shape index (κ3) is 7.22. The van der Waals surface area contributed by atoms with Crippen molar-refractivity contribution in [3.05, 3.63) is 71.8 Å². The van der Waals surface area contributed by atoms with Gasteiger partial charge in [0.05, 0.1) is 6.04 Å². The number of carbonyl (C=O) groups is 3. The quantitative estimate of drug-likeness (QED) is 0.413. The zero-order chi connectivity index (χ0) is 28.4. The van der Waals surface area contributed by atoms with E-state index in [1.54, 1.807) is 0 Å². The zero-order valence-electron chi connectivity index (χ0n) is 23.9. The smallest absolute Gasteiger partial charge is 0.407 e. The summed E-state index contributed by atoms with van der Waals surface area (Å²) in [7, 11) is 0. The molecule has 2 heterocycles. The van der Waals surface area contributed by atoms with Crippen molar-refractivity contribution in [1.82, 2.24) is 20.4 Å². The van der Waals surface area contributed by atoms with Gasteiger partial charge in [0.15, 0.2) is 0 Å². The first-order valence-corrected chi connectivity index (χ1v) is 14.8. The highest BCUT2D eigenvalue weighted by molar-refractivity contribution is 6.00. The van der Waals surface area contributed by atoms with Crippen LogP contribution < -0.4 is 10.6 Å². The van der Waals surface area contributed by atoms with Gasteiger partial charge in [-0.05, 0) is 56.2 Å². The summed E-state index contributed by atoms with van der Waals surface area (Å²) in [6.45, 7) is 7.23. The Balaban J connectivity index is 1.37. The molecule has 0 saturated carbocycles. The molecule has 2 aliphatic rings. The Kier molecular flexibility index (Phi) is 10.6. The largest absolute Gasteiger partial charge is 0.445 e. The number of piperazine rings is 1.